The maximum atomic E-state index is 6.22. The summed E-state index contributed by atoms with van der Waals surface area (Å²) >= 11 is 0. The lowest BCUT2D eigenvalue weighted by Gasteiger charge is -2.43. The summed E-state index contributed by atoms with van der Waals surface area (Å²) < 4.78 is 7.61. The number of ether oxygens (including phenoxy) is 1. The molecular formula is C13H24N4O. The molecule has 102 valence electrons. The second kappa shape index (κ2) is 4.80. The Labute approximate surface area is 109 Å². The minimum absolute atomic E-state index is 0.0374. The lowest BCUT2D eigenvalue weighted by Crippen LogP contribution is -2.54. The van der Waals surface area contributed by atoms with Crippen LogP contribution >= 0.6 is 0 Å². The lowest BCUT2D eigenvalue weighted by molar-refractivity contribution is 0.0634. The molecule has 1 aliphatic rings. The minimum atomic E-state index is -0.0374. The van der Waals surface area contributed by atoms with E-state index in [-0.39, 0.29) is 5.54 Å². The third-order valence-electron chi connectivity index (χ3n) is 3.48. The van der Waals surface area contributed by atoms with Gasteiger partial charge in [0.1, 0.15) is 0 Å². The Balaban J connectivity index is 2.42. The van der Waals surface area contributed by atoms with Gasteiger partial charge in [-0.3, -0.25) is 0 Å². The van der Waals surface area contributed by atoms with Gasteiger partial charge < -0.3 is 15.4 Å². The Bertz CT molecular complexity index is 425. The predicted molar refractivity (Wildman–Crippen MR) is 73.9 cm³/mol. The van der Waals surface area contributed by atoms with Crippen LogP contribution in [0.25, 0.3) is 0 Å². The highest BCUT2D eigenvalue weighted by Gasteiger charge is 2.34. The van der Waals surface area contributed by atoms with Crippen LogP contribution in [0.1, 0.15) is 32.9 Å². The van der Waals surface area contributed by atoms with Crippen molar-refractivity contribution in [2.75, 3.05) is 30.4 Å². The van der Waals surface area contributed by atoms with Gasteiger partial charge in [-0.2, -0.15) is 5.10 Å². The summed E-state index contributed by atoms with van der Waals surface area (Å²) in [5, 5.41) is 4.55. The SMILES string of the molecule is CCCn1nc(C)c(N)c1N1CCOCC1(C)C. The van der Waals surface area contributed by atoms with Gasteiger partial charge in [0.25, 0.3) is 0 Å². The van der Waals surface area contributed by atoms with Gasteiger partial charge in [0.2, 0.25) is 0 Å². The highest BCUT2D eigenvalue weighted by atomic mass is 16.5. The number of rotatable bonds is 3. The molecule has 1 aromatic rings. The molecule has 2 heterocycles. The van der Waals surface area contributed by atoms with Gasteiger partial charge in [-0.25, -0.2) is 4.68 Å². The fourth-order valence-electron chi connectivity index (χ4n) is 2.49. The van der Waals surface area contributed by atoms with E-state index in [9.17, 15) is 0 Å². The number of aromatic nitrogens is 2. The summed E-state index contributed by atoms with van der Waals surface area (Å²) in [6.45, 7) is 11.7. The van der Waals surface area contributed by atoms with Crippen molar-refractivity contribution in [1.82, 2.24) is 9.78 Å². The number of nitrogens with two attached hydrogens (primary N) is 1. The zero-order chi connectivity index (χ0) is 13.3. The van der Waals surface area contributed by atoms with Crippen LogP contribution < -0.4 is 10.6 Å². The van der Waals surface area contributed by atoms with Crippen LogP contribution in [0.4, 0.5) is 11.5 Å². The van der Waals surface area contributed by atoms with E-state index in [2.05, 4.69) is 30.8 Å². The van der Waals surface area contributed by atoms with Crippen LogP contribution in [0.15, 0.2) is 0 Å². The van der Waals surface area contributed by atoms with Crippen LogP contribution in [-0.4, -0.2) is 35.1 Å². The molecule has 0 bridgehead atoms. The molecule has 1 aliphatic heterocycles. The van der Waals surface area contributed by atoms with E-state index >= 15 is 0 Å². The van der Waals surface area contributed by atoms with Crippen LogP contribution in [0, 0.1) is 6.92 Å². The Kier molecular flexibility index (Phi) is 3.52. The summed E-state index contributed by atoms with van der Waals surface area (Å²) in [4.78, 5) is 2.33. The van der Waals surface area contributed by atoms with Crippen molar-refractivity contribution >= 4 is 11.5 Å². The van der Waals surface area contributed by atoms with E-state index < -0.39 is 0 Å². The molecule has 1 saturated heterocycles. The molecule has 0 aliphatic carbocycles. The van der Waals surface area contributed by atoms with E-state index in [1.807, 2.05) is 11.6 Å². The average molecular weight is 252 g/mol. The van der Waals surface area contributed by atoms with Crippen molar-refractivity contribution in [2.45, 2.75) is 46.2 Å². The first-order valence-electron chi connectivity index (χ1n) is 6.65. The molecular weight excluding hydrogens is 228 g/mol. The highest BCUT2D eigenvalue weighted by molar-refractivity contribution is 5.67. The normalized spacial score (nSPS) is 19.2. The number of hydrogen-bond donors (Lipinski definition) is 1. The lowest BCUT2D eigenvalue weighted by atomic mass is 10.0. The second-order valence-electron chi connectivity index (χ2n) is 5.56. The summed E-state index contributed by atoms with van der Waals surface area (Å²) in [7, 11) is 0. The molecule has 0 radical (unpaired) electrons. The molecule has 2 N–H and O–H groups in total. The van der Waals surface area contributed by atoms with E-state index in [4.69, 9.17) is 10.5 Å². The molecule has 2 rings (SSSR count). The number of nitrogen functional groups attached to an aromatic ring is 1. The first kappa shape index (κ1) is 13.2. The van der Waals surface area contributed by atoms with E-state index in [0.717, 1.165) is 49.9 Å². The Morgan fingerprint density at radius 2 is 2.17 bits per heavy atom. The largest absolute Gasteiger partial charge is 0.394 e. The average Bonchev–Trinajstić information content (AvgIpc) is 2.56. The van der Waals surface area contributed by atoms with Crippen molar-refractivity contribution in [3.05, 3.63) is 5.69 Å². The Hall–Kier alpha value is -1.23. The molecule has 0 amide bonds. The predicted octanol–water partition coefficient (Wildman–Crippen LogP) is 1.80. The van der Waals surface area contributed by atoms with E-state index in [1.165, 1.54) is 0 Å². The number of nitrogens with zero attached hydrogens (tertiary/aromatic N) is 3. The minimum Gasteiger partial charge on any atom is -0.394 e. The zero-order valence-corrected chi connectivity index (χ0v) is 11.9. The quantitative estimate of drug-likeness (QED) is 0.891. The number of aryl methyl sites for hydroxylation is 2. The van der Waals surface area contributed by atoms with Crippen LogP contribution in [-0.2, 0) is 11.3 Å². The van der Waals surface area contributed by atoms with Gasteiger partial charge in [-0.1, -0.05) is 6.92 Å². The van der Waals surface area contributed by atoms with Gasteiger partial charge in [0.15, 0.2) is 5.82 Å². The van der Waals surface area contributed by atoms with Crippen molar-refractivity contribution in [1.29, 1.82) is 0 Å². The molecule has 1 aromatic heterocycles. The van der Waals surface area contributed by atoms with Crippen molar-refractivity contribution in [3.63, 3.8) is 0 Å². The maximum Gasteiger partial charge on any atom is 0.151 e. The third-order valence-corrected chi connectivity index (χ3v) is 3.48. The molecule has 0 unspecified atom stereocenters. The third kappa shape index (κ3) is 2.19. The van der Waals surface area contributed by atoms with Crippen LogP contribution in [0.3, 0.4) is 0 Å². The van der Waals surface area contributed by atoms with E-state index in [0.29, 0.717) is 0 Å². The van der Waals surface area contributed by atoms with Crippen molar-refractivity contribution < 1.29 is 4.74 Å². The highest BCUT2D eigenvalue weighted by Crippen LogP contribution is 2.33. The second-order valence-corrected chi connectivity index (χ2v) is 5.56. The van der Waals surface area contributed by atoms with Gasteiger partial charge in [-0.05, 0) is 27.2 Å². The number of hydrogen-bond acceptors (Lipinski definition) is 4. The molecule has 5 nitrogen and oxygen atoms in total. The Morgan fingerprint density at radius 1 is 1.44 bits per heavy atom. The van der Waals surface area contributed by atoms with Gasteiger partial charge in [-0.15, -0.1) is 0 Å². The van der Waals surface area contributed by atoms with Gasteiger partial charge in [0, 0.05) is 13.1 Å². The van der Waals surface area contributed by atoms with Gasteiger partial charge in [0.05, 0.1) is 30.1 Å². The summed E-state index contributed by atoms with van der Waals surface area (Å²) in [6.07, 6.45) is 1.05. The summed E-state index contributed by atoms with van der Waals surface area (Å²) in [5.74, 6) is 1.06. The number of morpholine rings is 1. The number of anilines is 2. The summed E-state index contributed by atoms with van der Waals surface area (Å²) in [5.41, 5.74) is 7.90. The molecule has 1 fully saturated rings. The Morgan fingerprint density at radius 3 is 2.78 bits per heavy atom. The molecule has 0 saturated carbocycles. The molecule has 0 spiro atoms. The van der Waals surface area contributed by atoms with Crippen LogP contribution in [0.5, 0.6) is 0 Å². The fraction of sp³-hybridized carbons (Fsp3) is 0.769. The first-order valence-corrected chi connectivity index (χ1v) is 6.65. The fourth-order valence-corrected chi connectivity index (χ4v) is 2.49. The monoisotopic (exact) mass is 252 g/mol. The zero-order valence-electron chi connectivity index (χ0n) is 11.9. The molecule has 18 heavy (non-hydrogen) atoms. The molecule has 0 atom stereocenters. The molecule has 0 aromatic carbocycles. The molecule has 5 heteroatoms. The maximum absolute atomic E-state index is 6.22. The smallest absolute Gasteiger partial charge is 0.151 e. The first-order chi connectivity index (χ1) is 8.47. The van der Waals surface area contributed by atoms with Gasteiger partial charge >= 0.3 is 0 Å². The van der Waals surface area contributed by atoms with Crippen molar-refractivity contribution in [2.24, 2.45) is 0 Å². The van der Waals surface area contributed by atoms with Crippen LogP contribution in [0.2, 0.25) is 0 Å². The van der Waals surface area contributed by atoms with Crippen molar-refractivity contribution in [3.8, 4) is 0 Å². The standard InChI is InChI=1S/C13H24N4O/c1-5-6-17-12(11(14)10(2)15-17)16-7-8-18-9-13(16,3)4/h5-9,14H2,1-4H3. The summed E-state index contributed by atoms with van der Waals surface area (Å²) in [6, 6.07) is 0. The van der Waals surface area contributed by atoms with E-state index in [1.54, 1.807) is 0 Å². The topological polar surface area (TPSA) is 56.3 Å².